The maximum atomic E-state index is 12.5. The number of benzene rings is 1. The molecule has 0 unspecified atom stereocenters. The molecule has 0 aliphatic carbocycles. The number of aromatic nitrogens is 2. The highest BCUT2D eigenvalue weighted by molar-refractivity contribution is 7.84. The van der Waals surface area contributed by atoms with Crippen molar-refractivity contribution in [3.8, 4) is 0 Å². The molecule has 1 aliphatic heterocycles. The SMILES string of the molecule is Cc1cnn([C@@H]2CCCN(C(=O)Nc3ccc([S@@](C)=O)cc3)C2)c1. The number of likely N-dealkylation sites (tertiary alicyclic amines) is 1. The highest BCUT2D eigenvalue weighted by Gasteiger charge is 2.25. The summed E-state index contributed by atoms with van der Waals surface area (Å²) in [5, 5.41) is 7.29. The predicted octanol–water partition coefficient (Wildman–Crippen LogP) is 2.80. The molecule has 1 saturated heterocycles. The molecular formula is C17H22N4O2S. The number of hydrogen-bond acceptors (Lipinski definition) is 3. The van der Waals surface area contributed by atoms with Gasteiger partial charge in [0.25, 0.3) is 0 Å². The van der Waals surface area contributed by atoms with E-state index in [0.717, 1.165) is 29.8 Å². The lowest BCUT2D eigenvalue weighted by atomic mass is 10.1. The molecule has 0 bridgehead atoms. The maximum absolute atomic E-state index is 12.5. The van der Waals surface area contributed by atoms with Gasteiger partial charge >= 0.3 is 6.03 Å². The van der Waals surface area contributed by atoms with Crippen LogP contribution in [0.2, 0.25) is 0 Å². The zero-order chi connectivity index (χ0) is 17.1. The first-order chi connectivity index (χ1) is 11.5. The van der Waals surface area contributed by atoms with Crippen LogP contribution in [-0.4, -0.2) is 44.3 Å². The lowest BCUT2D eigenvalue weighted by Gasteiger charge is -2.32. The quantitative estimate of drug-likeness (QED) is 0.929. The first-order valence-corrected chi connectivity index (χ1v) is 9.59. The Morgan fingerprint density at radius 2 is 2.08 bits per heavy atom. The third-order valence-corrected chi connectivity index (χ3v) is 5.16. The van der Waals surface area contributed by atoms with E-state index in [9.17, 15) is 9.00 Å². The van der Waals surface area contributed by atoms with Crippen molar-refractivity contribution in [1.82, 2.24) is 14.7 Å². The van der Waals surface area contributed by atoms with E-state index in [4.69, 9.17) is 0 Å². The fourth-order valence-corrected chi connectivity index (χ4v) is 3.44. The Labute approximate surface area is 144 Å². The van der Waals surface area contributed by atoms with E-state index < -0.39 is 10.8 Å². The molecule has 24 heavy (non-hydrogen) atoms. The first kappa shape index (κ1) is 16.7. The van der Waals surface area contributed by atoms with Gasteiger partial charge in [-0.2, -0.15) is 5.10 Å². The summed E-state index contributed by atoms with van der Waals surface area (Å²) in [6, 6.07) is 7.24. The van der Waals surface area contributed by atoms with Crippen LogP contribution >= 0.6 is 0 Å². The number of piperidine rings is 1. The van der Waals surface area contributed by atoms with Crippen molar-refractivity contribution in [2.45, 2.75) is 30.7 Å². The van der Waals surface area contributed by atoms with Gasteiger partial charge in [-0.3, -0.25) is 8.89 Å². The van der Waals surface area contributed by atoms with Crippen molar-refractivity contribution in [2.24, 2.45) is 0 Å². The van der Waals surface area contributed by atoms with Crippen molar-refractivity contribution >= 4 is 22.5 Å². The third kappa shape index (κ3) is 3.84. The highest BCUT2D eigenvalue weighted by atomic mass is 32.2. The van der Waals surface area contributed by atoms with Crippen LogP contribution in [0.3, 0.4) is 0 Å². The van der Waals surface area contributed by atoms with Gasteiger partial charge in [0.05, 0.1) is 12.2 Å². The van der Waals surface area contributed by atoms with E-state index in [-0.39, 0.29) is 12.1 Å². The molecule has 0 spiro atoms. The lowest BCUT2D eigenvalue weighted by molar-refractivity contribution is 0.175. The monoisotopic (exact) mass is 346 g/mol. The summed E-state index contributed by atoms with van der Waals surface area (Å²) in [6.45, 7) is 3.42. The number of carbonyl (C=O) groups is 1. The molecule has 1 aliphatic rings. The van der Waals surface area contributed by atoms with Crippen molar-refractivity contribution < 1.29 is 9.00 Å². The number of nitrogens with zero attached hydrogens (tertiary/aromatic N) is 3. The molecule has 2 heterocycles. The Balaban J connectivity index is 1.63. The largest absolute Gasteiger partial charge is 0.322 e. The van der Waals surface area contributed by atoms with E-state index >= 15 is 0 Å². The van der Waals surface area contributed by atoms with E-state index in [1.54, 1.807) is 30.5 Å². The summed E-state index contributed by atoms with van der Waals surface area (Å²) < 4.78 is 13.4. The molecule has 1 aromatic heterocycles. The minimum Gasteiger partial charge on any atom is -0.322 e. The molecule has 1 aromatic carbocycles. The summed E-state index contributed by atoms with van der Waals surface area (Å²) in [4.78, 5) is 15.1. The van der Waals surface area contributed by atoms with Crippen LogP contribution < -0.4 is 5.32 Å². The smallest absolute Gasteiger partial charge is 0.321 e. The summed E-state index contributed by atoms with van der Waals surface area (Å²) >= 11 is 0. The predicted molar refractivity (Wildman–Crippen MR) is 94.6 cm³/mol. The zero-order valence-electron chi connectivity index (χ0n) is 13.9. The Morgan fingerprint density at radius 3 is 2.71 bits per heavy atom. The summed E-state index contributed by atoms with van der Waals surface area (Å²) in [5.41, 5.74) is 1.84. The molecule has 1 fully saturated rings. The number of aryl methyl sites for hydroxylation is 1. The van der Waals surface area contributed by atoms with Crippen LogP contribution in [0.1, 0.15) is 24.4 Å². The zero-order valence-corrected chi connectivity index (χ0v) is 14.8. The van der Waals surface area contributed by atoms with Crippen molar-refractivity contribution in [2.75, 3.05) is 24.7 Å². The Bertz CT molecular complexity index is 741. The molecule has 2 aromatic rings. The molecule has 0 saturated carbocycles. The Morgan fingerprint density at radius 1 is 1.33 bits per heavy atom. The molecule has 128 valence electrons. The van der Waals surface area contributed by atoms with Crippen molar-refractivity contribution in [3.63, 3.8) is 0 Å². The lowest BCUT2D eigenvalue weighted by Crippen LogP contribution is -2.43. The Kier molecular flexibility index (Phi) is 4.99. The summed E-state index contributed by atoms with van der Waals surface area (Å²) in [7, 11) is -1.01. The second-order valence-corrected chi connectivity index (χ2v) is 7.53. The van der Waals surface area contributed by atoms with Crippen LogP contribution in [-0.2, 0) is 10.8 Å². The molecule has 6 nitrogen and oxygen atoms in total. The van der Waals surface area contributed by atoms with E-state index in [0.29, 0.717) is 12.2 Å². The van der Waals surface area contributed by atoms with Gasteiger partial charge in [-0.05, 0) is 49.6 Å². The van der Waals surface area contributed by atoms with E-state index in [1.807, 2.05) is 28.9 Å². The molecule has 0 radical (unpaired) electrons. The Hall–Kier alpha value is -2.15. The van der Waals surface area contributed by atoms with Crippen LogP contribution in [0.25, 0.3) is 0 Å². The van der Waals surface area contributed by atoms with Gasteiger partial charge < -0.3 is 10.2 Å². The van der Waals surface area contributed by atoms with Gasteiger partial charge in [0.2, 0.25) is 0 Å². The molecule has 1 N–H and O–H groups in total. The van der Waals surface area contributed by atoms with Crippen molar-refractivity contribution in [3.05, 3.63) is 42.2 Å². The van der Waals surface area contributed by atoms with Crippen LogP contribution in [0, 0.1) is 6.92 Å². The maximum Gasteiger partial charge on any atom is 0.321 e. The highest BCUT2D eigenvalue weighted by Crippen LogP contribution is 2.22. The van der Waals surface area contributed by atoms with Gasteiger partial charge in [0.1, 0.15) is 0 Å². The molecule has 2 amide bonds. The summed E-state index contributed by atoms with van der Waals surface area (Å²) in [6.07, 6.45) is 7.50. The fourth-order valence-electron chi connectivity index (χ4n) is 2.92. The van der Waals surface area contributed by atoms with Crippen molar-refractivity contribution in [1.29, 1.82) is 0 Å². The standard InChI is InChI=1S/C17H22N4O2S/c1-13-10-18-21(11-13)15-4-3-9-20(12-15)17(22)19-14-5-7-16(8-6-14)24(2)23/h5-8,10-11,15H,3-4,9,12H2,1-2H3,(H,19,22)/t15-,24-/m1/s1. The topological polar surface area (TPSA) is 67.2 Å². The first-order valence-electron chi connectivity index (χ1n) is 8.03. The fraction of sp³-hybridized carbons (Fsp3) is 0.412. The van der Waals surface area contributed by atoms with Gasteiger partial charge in [-0.25, -0.2) is 4.79 Å². The van der Waals surface area contributed by atoms with Gasteiger partial charge in [0, 0.05) is 46.9 Å². The molecule has 3 rings (SSSR count). The number of hydrogen-bond donors (Lipinski definition) is 1. The van der Waals surface area contributed by atoms with Crippen LogP contribution in [0.4, 0.5) is 10.5 Å². The number of rotatable bonds is 3. The number of carbonyl (C=O) groups excluding carboxylic acids is 1. The van der Waals surface area contributed by atoms with E-state index in [1.165, 1.54) is 0 Å². The average Bonchev–Trinajstić information content (AvgIpc) is 3.02. The molecule has 7 heteroatoms. The van der Waals surface area contributed by atoms with Gasteiger partial charge in [-0.15, -0.1) is 0 Å². The second kappa shape index (κ2) is 7.17. The number of nitrogens with one attached hydrogen (secondary N) is 1. The third-order valence-electron chi connectivity index (χ3n) is 4.23. The number of amides is 2. The van der Waals surface area contributed by atoms with Gasteiger partial charge in [0.15, 0.2) is 0 Å². The van der Waals surface area contributed by atoms with Gasteiger partial charge in [-0.1, -0.05) is 0 Å². The van der Waals surface area contributed by atoms with Crippen LogP contribution in [0.5, 0.6) is 0 Å². The second-order valence-electron chi connectivity index (χ2n) is 6.15. The summed E-state index contributed by atoms with van der Waals surface area (Å²) in [5.74, 6) is 0. The number of anilines is 1. The minimum absolute atomic E-state index is 0.103. The minimum atomic E-state index is -1.01. The van der Waals surface area contributed by atoms with E-state index in [2.05, 4.69) is 10.4 Å². The normalized spacial score (nSPS) is 19.1. The van der Waals surface area contributed by atoms with Crippen LogP contribution in [0.15, 0.2) is 41.6 Å². The molecular weight excluding hydrogens is 324 g/mol. The molecule has 2 atom stereocenters. The average molecular weight is 346 g/mol. The number of urea groups is 1.